The second kappa shape index (κ2) is 6.00. The molecule has 1 aromatic rings. The van der Waals surface area contributed by atoms with E-state index in [-0.39, 0.29) is 11.7 Å². The Kier molecular flexibility index (Phi) is 4.60. The number of rotatable bonds is 5. The third-order valence-corrected chi connectivity index (χ3v) is 4.53. The Hall–Kier alpha value is -0.640. The van der Waals surface area contributed by atoms with Crippen molar-refractivity contribution in [2.75, 3.05) is 0 Å². The van der Waals surface area contributed by atoms with Gasteiger partial charge in [0.15, 0.2) is 5.78 Å². The largest absolute Gasteiger partial charge is 0.292 e. The van der Waals surface area contributed by atoms with Crippen molar-refractivity contribution in [1.29, 1.82) is 0 Å². The van der Waals surface area contributed by atoms with Crippen LogP contribution < -0.4 is 0 Å². The normalized spacial score (nSPS) is 23.5. The van der Waals surface area contributed by atoms with E-state index < -0.39 is 0 Å². The highest BCUT2D eigenvalue weighted by atomic mass is 79.9. The Morgan fingerprint density at radius 2 is 2.28 bits per heavy atom. The van der Waals surface area contributed by atoms with Crippen molar-refractivity contribution in [3.05, 3.63) is 16.4 Å². The van der Waals surface area contributed by atoms with Crippen molar-refractivity contribution in [3.8, 4) is 0 Å². The van der Waals surface area contributed by atoms with E-state index in [1.807, 2.05) is 4.68 Å². The monoisotopic (exact) mass is 312 g/mol. The van der Waals surface area contributed by atoms with Crippen LogP contribution in [0.3, 0.4) is 0 Å². The lowest BCUT2D eigenvalue weighted by molar-refractivity contribution is 0.0907. The summed E-state index contributed by atoms with van der Waals surface area (Å²) in [6.07, 6.45) is 7.23. The van der Waals surface area contributed by atoms with Crippen LogP contribution in [0.25, 0.3) is 0 Å². The van der Waals surface area contributed by atoms with Gasteiger partial charge in [0, 0.05) is 12.5 Å². The molecule has 4 heteroatoms. The number of aromatic nitrogens is 2. The zero-order valence-electron chi connectivity index (χ0n) is 11.2. The lowest BCUT2D eigenvalue weighted by Gasteiger charge is -2.11. The second-order valence-corrected chi connectivity index (χ2v) is 6.07. The molecule has 2 rings (SSSR count). The summed E-state index contributed by atoms with van der Waals surface area (Å²) in [7, 11) is 0. The molecule has 2 unspecified atom stereocenters. The maximum Gasteiger partial charge on any atom is 0.185 e. The van der Waals surface area contributed by atoms with E-state index in [4.69, 9.17) is 0 Å². The molecule has 18 heavy (non-hydrogen) atoms. The molecular weight excluding hydrogens is 292 g/mol. The third-order valence-electron chi connectivity index (χ3n) is 3.95. The Bertz CT molecular complexity index is 427. The van der Waals surface area contributed by atoms with Crippen LogP contribution in [0.2, 0.25) is 0 Å². The fourth-order valence-corrected chi connectivity index (χ4v) is 3.36. The third kappa shape index (κ3) is 2.68. The van der Waals surface area contributed by atoms with Crippen LogP contribution in [0.5, 0.6) is 0 Å². The van der Waals surface area contributed by atoms with E-state index in [1.165, 1.54) is 12.8 Å². The summed E-state index contributed by atoms with van der Waals surface area (Å²) in [4.78, 5) is 12.6. The van der Waals surface area contributed by atoms with Gasteiger partial charge >= 0.3 is 0 Å². The topological polar surface area (TPSA) is 34.9 Å². The molecule has 1 aromatic heterocycles. The van der Waals surface area contributed by atoms with Crippen LogP contribution in [0.1, 0.15) is 56.4 Å². The molecule has 0 bridgehead atoms. The SMILES string of the molecule is CCCn1ncc(Br)c1C(=O)C1CCC(CC)C1. The lowest BCUT2D eigenvalue weighted by Crippen LogP contribution is -2.18. The van der Waals surface area contributed by atoms with Gasteiger partial charge in [0.1, 0.15) is 5.69 Å². The summed E-state index contributed by atoms with van der Waals surface area (Å²) >= 11 is 3.46. The molecule has 0 radical (unpaired) electrons. The van der Waals surface area contributed by atoms with E-state index in [0.29, 0.717) is 0 Å². The average Bonchev–Trinajstić information content (AvgIpc) is 2.96. The average molecular weight is 313 g/mol. The summed E-state index contributed by atoms with van der Waals surface area (Å²) in [5, 5.41) is 4.29. The molecular formula is C14H21BrN2O. The van der Waals surface area contributed by atoms with Crippen molar-refractivity contribution < 1.29 is 4.79 Å². The van der Waals surface area contributed by atoms with Crippen molar-refractivity contribution >= 4 is 21.7 Å². The van der Waals surface area contributed by atoms with E-state index in [9.17, 15) is 4.79 Å². The molecule has 3 nitrogen and oxygen atoms in total. The quantitative estimate of drug-likeness (QED) is 0.768. The first-order valence-corrected chi connectivity index (χ1v) is 7.72. The molecule has 0 aliphatic heterocycles. The predicted molar refractivity (Wildman–Crippen MR) is 75.7 cm³/mol. The Labute approximate surface area is 117 Å². The molecule has 1 saturated carbocycles. The highest BCUT2D eigenvalue weighted by molar-refractivity contribution is 9.10. The van der Waals surface area contributed by atoms with E-state index >= 15 is 0 Å². The molecule has 0 aromatic carbocycles. The van der Waals surface area contributed by atoms with Crippen LogP contribution in [-0.2, 0) is 6.54 Å². The number of hydrogen-bond acceptors (Lipinski definition) is 2. The Morgan fingerprint density at radius 1 is 1.50 bits per heavy atom. The Balaban J connectivity index is 2.16. The summed E-state index contributed by atoms with van der Waals surface area (Å²) < 4.78 is 2.70. The molecule has 100 valence electrons. The molecule has 0 spiro atoms. The van der Waals surface area contributed by atoms with Gasteiger partial charge in [-0.15, -0.1) is 0 Å². The molecule has 1 aliphatic carbocycles. The minimum Gasteiger partial charge on any atom is -0.292 e. The zero-order valence-corrected chi connectivity index (χ0v) is 12.7. The van der Waals surface area contributed by atoms with Gasteiger partial charge in [-0.05, 0) is 47.5 Å². The van der Waals surface area contributed by atoms with Gasteiger partial charge in [-0.2, -0.15) is 5.10 Å². The number of carbonyl (C=O) groups is 1. The van der Waals surface area contributed by atoms with Gasteiger partial charge in [0.25, 0.3) is 0 Å². The molecule has 0 N–H and O–H groups in total. The summed E-state index contributed by atoms with van der Waals surface area (Å²) in [5.74, 6) is 1.22. The summed E-state index contributed by atoms with van der Waals surface area (Å²) in [6, 6.07) is 0. The standard InChI is InChI=1S/C14H21BrN2O/c1-3-7-17-13(12(15)9-16-17)14(18)11-6-5-10(4-2)8-11/h9-11H,3-8H2,1-2H3. The fraction of sp³-hybridized carbons (Fsp3) is 0.714. The van der Waals surface area contributed by atoms with Gasteiger partial charge in [0.2, 0.25) is 0 Å². The predicted octanol–water partition coefficient (Wildman–Crippen LogP) is 4.06. The first kappa shape index (κ1) is 13.8. The zero-order chi connectivity index (χ0) is 13.1. The molecule has 1 fully saturated rings. The fourth-order valence-electron chi connectivity index (χ4n) is 2.87. The van der Waals surface area contributed by atoms with Crippen LogP contribution in [0.15, 0.2) is 10.7 Å². The number of hydrogen-bond donors (Lipinski definition) is 0. The number of aryl methyl sites for hydroxylation is 1. The second-order valence-electron chi connectivity index (χ2n) is 5.21. The highest BCUT2D eigenvalue weighted by Crippen LogP contribution is 2.36. The maximum absolute atomic E-state index is 12.6. The summed E-state index contributed by atoms with van der Waals surface area (Å²) in [6.45, 7) is 5.14. The smallest absolute Gasteiger partial charge is 0.185 e. The van der Waals surface area contributed by atoms with Crippen LogP contribution in [-0.4, -0.2) is 15.6 Å². The Morgan fingerprint density at radius 3 is 2.89 bits per heavy atom. The van der Waals surface area contributed by atoms with Crippen LogP contribution in [0.4, 0.5) is 0 Å². The van der Waals surface area contributed by atoms with Crippen molar-refractivity contribution in [3.63, 3.8) is 0 Å². The van der Waals surface area contributed by atoms with Crippen molar-refractivity contribution in [2.45, 2.75) is 52.5 Å². The number of nitrogens with zero attached hydrogens (tertiary/aromatic N) is 2. The lowest BCUT2D eigenvalue weighted by atomic mass is 9.97. The number of halogens is 1. The van der Waals surface area contributed by atoms with Gasteiger partial charge < -0.3 is 0 Å². The number of carbonyl (C=O) groups excluding carboxylic acids is 1. The van der Waals surface area contributed by atoms with Crippen LogP contribution >= 0.6 is 15.9 Å². The van der Waals surface area contributed by atoms with E-state index in [1.54, 1.807) is 6.20 Å². The molecule has 0 saturated heterocycles. The number of Topliss-reactive ketones (excluding diaryl/α,β-unsaturated/α-hetero) is 1. The first-order chi connectivity index (χ1) is 8.67. The molecule has 0 amide bonds. The van der Waals surface area contributed by atoms with Crippen LogP contribution in [0, 0.1) is 11.8 Å². The van der Waals surface area contributed by atoms with Crippen molar-refractivity contribution in [1.82, 2.24) is 9.78 Å². The van der Waals surface area contributed by atoms with Gasteiger partial charge in [-0.3, -0.25) is 9.48 Å². The van der Waals surface area contributed by atoms with Gasteiger partial charge in [-0.1, -0.05) is 20.3 Å². The van der Waals surface area contributed by atoms with Gasteiger partial charge in [0.05, 0.1) is 10.7 Å². The summed E-state index contributed by atoms with van der Waals surface area (Å²) in [5.41, 5.74) is 0.776. The molecule has 2 atom stereocenters. The first-order valence-electron chi connectivity index (χ1n) is 6.92. The van der Waals surface area contributed by atoms with Crippen molar-refractivity contribution in [2.24, 2.45) is 11.8 Å². The highest BCUT2D eigenvalue weighted by Gasteiger charge is 2.32. The maximum atomic E-state index is 12.6. The van der Waals surface area contributed by atoms with Gasteiger partial charge in [-0.25, -0.2) is 0 Å². The molecule has 1 aliphatic rings. The minimum atomic E-state index is 0.207. The minimum absolute atomic E-state index is 0.207. The number of ketones is 1. The van der Waals surface area contributed by atoms with E-state index in [0.717, 1.165) is 41.9 Å². The van der Waals surface area contributed by atoms with E-state index in [2.05, 4.69) is 34.9 Å². The molecule has 1 heterocycles.